The molecule has 0 aliphatic carbocycles. The molecule has 0 unspecified atom stereocenters. The molecule has 0 aliphatic heterocycles. The number of rotatable bonds is 6. The van der Waals surface area contributed by atoms with Crippen molar-refractivity contribution >= 4 is 17.7 Å². The lowest BCUT2D eigenvalue weighted by Gasteiger charge is -2.09. The first-order valence-corrected chi connectivity index (χ1v) is 7.20. The quantitative estimate of drug-likeness (QED) is 0.830. The number of pyridine rings is 1. The second kappa shape index (κ2) is 7.55. The molecule has 4 nitrogen and oxygen atoms in total. The second-order valence-electron chi connectivity index (χ2n) is 4.05. The van der Waals surface area contributed by atoms with E-state index >= 15 is 0 Å². The molecule has 0 fully saturated rings. The number of thioether (sulfide) groups is 1. The van der Waals surface area contributed by atoms with E-state index in [4.69, 9.17) is 4.74 Å². The Hall–Kier alpha value is -2.01. The van der Waals surface area contributed by atoms with E-state index in [2.05, 4.69) is 10.3 Å². The highest BCUT2D eigenvalue weighted by Crippen LogP contribution is 2.17. The molecule has 1 heterocycles. The maximum absolute atomic E-state index is 11.8. The van der Waals surface area contributed by atoms with Crippen LogP contribution in [0.5, 0.6) is 5.75 Å². The van der Waals surface area contributed by atoms with Crippen LogP contribution in [0.3, 0.4) is 0 Å². The predicted molar refractivity (Wildman–Crippen MR) is 79.8 cm³/mol. The number of nitrogens with zero attached hydrogens (tertiary/aromatic N) is 1. The number of benzene rings is 1. The lowest BCUT2D eigenvalue weighted by Crippen LogP contribution is -2.24. The molecule has 0 radical (unpaired) electrons. The van der Waals surface area contributed by atoms with Gasteiger partial charge in [0.05, 0.1) is 17.9 Å². The number of hydrogen-bond donors (Lipinski definition) is 1. The monoisotopic (exact) mass is 288 g/mol. The lowest BCUT2D eigenvalue weighted by atomic mass is 10.2. The molecule has 20 heavy (non-hydrogen) atoms. The molecule has 0 aliphatic rings. The summed E-state index contributed by atoms with van der Waals surface area (Å²) in [5.41, 5.74) is 0.964. The molecule has 5 heteroatoms. The SMILES string of the molecule is COc1ccccc1CNC(=O)CSc1ccccn1. The van der Waals surface area contributed by atoms with Crippen LogP contribution in [-0.2, 0) is 11.3 Å². The van der Waals surface area contributed by atoms with Gasteiger partial charge < -0.3 is 10.1 Å². The predicted octanol–water partition coefficient (Wildman–Crippen LogP) is 2.50. The van der Waals surface area contributed by atoms with Gasteiger partial charge >= 0.3 is 0 Å². The van der Waals surface area contributed by atoms with E-state index in [0.717, 1.165) is 16.3 Å². The Bertz CT molecular complexity index is 561. The average molecular weight is 288 g/mol. The molecule has 2 rings (SSSR count). The fraction of sp³-hybridized carbons (Fsp3) is 0.200. The van der Waals surface area contributed by atoms with E-state index < -0.39 is 0 Å². The number of ether oxygens (including phenoxy) is 1. The summed E-state index contributed by atoms with van der Waals surface area (Å²) in [5.74, 6) is 1.11. The number of para-hydroxylation sites is 1. The molecule has 0 saturated carbocycles. The van der Waals surface area contributed by atoms with Crippen molar-refractivity contribution in [3.8, 4) is 5.75 Å². The van der Waals surface area contributed by atoms with E-state index in [1.807, 2.05) is 42.5 Å². The van der Waals surface area contributed by atoms with Gasteiger partial charge in [0.2, 0.25) is 5.91 Å². The van der Waals surface area contributed by atoms with Crippen LogP contribution in [0.25, 0.3) is 0 Å². The molecule has 104 valence electrons. The summed E-state index contributed by atoms with van der Waals surface area (Å²) in [6.45, 7) is 0.464. The van der Waals surface area contributed by atoms with Gasteiger partial charge in [-0.25, -0.2) is 4.98 Å². The van der Waals surface area contributed by atoms with Gasteiger partial charge in [0, 0.05) is 18.3 Å². The normalized spacial score (nSPS) is 10.1. The zero-order chi connectivity index (χ0) is 14.2. The van der Waals surface area contributed by atoms with Crippen LogP contribution in [0.4, 0.5) is 0 Å². The van der Waals surface area contributed by atoms with Crippen molar-refractivity contribution in [2.24, 2.45) is 0 Å². The summed E-state index contributed by atoms with van der Waals surface area (Å²) in [7, 11) is 1.62. The highest BCUT2D eigenvalue weighted by molar-refractivity contribution is 7.99. The number of carbonyl (C=O) groups excluding carboxylic acids is 1. The fourth-order valence-electron chi connectivity index (χ4n) is 1.67. The molecular weight excluding hydrogens is 272 g/mol. The Kier molecular flexibility index (Phi) is 5.43. The van der Waals surface area contributed by atoms with Crippen LogP contribution in [0.15, 0.2) is 53.7 Å². The molecule has 1 N–H and O–H groups in total. The van der Waals surface area contributed by atoms with Gasteiger partial charge in [-0.15, -0.1) is 0 Å². The molecule has 0 spiro atoms. The number of nitrogens with one attached hydrogen (secondary N) is 1. The second-order valence-corrected chi connectivity index (χ2v) is 5.04. The minimum atomic E-state index is -0.0217. The first-order chi connectivity index (χ1) is 9.79. The lowest BCUT2D eigenvalue weighted by molar-refractivity contribution is -0.118. The molecule has 1 aromatic carbocycles. The zero-order valence-corrected chi connectivity index (χ0v) is 12.0. The van der Waals surface area contributed by atoms with Crippen molar-refractivity contribution in [2.45, 2.75) is 11.6 Å². The van der Waals surface area contributed by atoms with Crippen LogP contribution >= 0.6 is 11.8 Å². The largest absolute Gasteiger partial charge is 0.496 e. The summed E-state index contributed by atoms with van der Waals surface area (Å²) < 4.78 is 5.24. The Morgan fingerprint density at radius 2 is 2.05 bits per heavy atom. The average Bonchev–Trinajstić information content (AvgIpc) is 2.52. The minimum Gasteiger partial charge on any atom is -0.496 e. The molecule has 2 aromatic rings. The van der Waals surface area contributed by atoms with Gasteiger partial charge in [-0.05, 0) is 18.2 Å². The van der Waals surface area contributed by atoms with Crippen molar-refractivity contribution in [2.75, 3.05) is 12.9 Å². The summed E-state index contributed by atoms with van der Waals surface area (Å²) in [6.07, 6.45) is 1.72. The van der Waals surface area contributed by atoms with Crippen molar-refractivity contribution < 1.29 is 9.53 Å². The Labute approximate surface area is 122 Å². The van der Waals surface area contributed by atoms with Crippen LogP contribution < -0.4 is 10.1 Å². The third-order valence-corrected chi connectivity index (χ3v) is 3.60. The Morgan fingerprint density at radius 3 is 2.80 bits per heavy atom. The Balaban J connectivity index is 1.80. The van der Waals surface area contributed by atoms with E-state index in [9.17, 15) is 4.79 Å². The molecule has 0 atom stereocenters. The van der Waals surface area contributed by atoms with E-state index in [1.54, 1.807) is 13.3 Å². The van der Waals surface area contributed by atoms with E-state index in [1.165, 1.54) is 11.8 Å². The van der Waals surface area contributed by atoms with Crippen molar-refractivity contribution in [3.63, 3.8) is 0 Å². The third-order valence-electron chi connectivity index (χ3n) is 2.66. The minimum absolute atomic E-state index is 0.0217. The van der Waals surface area contributed by atoms with Crippen LogP contribution in [-0.4, -0.2) is 23.8 Å². The highest BCUT2D eigenvalue weighted by Gasteiger charge is 2.06. The molecule has 0 saturated heterocycles. The van der Waals surface area contributed by atoms with Crippen LogP contribution in [0.2, 0.25) is 0 Å². The topological polar surface area (TPSA) is 51.2 Å². The van der Waals surface area contributed by atoms with E-state index in [-0.39, 0.29) is 5.91 Å². The number of aromatic nitrogens is 1. The first kappa shape index (κ1) is 14.4. The number of carbonyl (C=O) groups is 1. The summed E-state index contributed by atoms with van der Waals surface area (Å²) in [4.78, 5) is 15.9. The molecular formula is C15H16N2O2S. The van der Waals surface area contributed by atoms with Gasteiger partial charge in [-0.3, -0.25) is 4.79 Å². The number of hydrogen-bond acceptors (Lipinski definition) is 4. The molecule has 1 amide bonds. The van der Waals surface area contributed by atoms with Gasteiger partial charge in [-0.1, -0.05) is 36.0 Å². The smallest absolute Gasteiger partial charge is 0.230 e. The maximum Gasteiger partial charge on any atom is 0.230 e. The third kappa shape index (κ3) is 4.28. The van der Waals surface area contributed by atoms with Gasteiger partial charge in [0.1, 0.15) is 5.75 Å². The van der Waals surface area contributed by atoms with Crippen molar-refractivity contribution in [1.29, 1.82) is 0 Å². The molecule has 0 bridgehead atoms. The van der Waals surface area contributed by atoms with Crippen molar-refractivity contribution in [3.05, 3.63) is 54.2 Å². The fourth-order valence-corrected chi connectivity index (χ4v) is 2.36. The van der Waals surface area contributed by atoms with Crippen molar-refractivity contribution in [1.82, 2.24) is 10.3 Å². The summed E-state index contributed by atoms with van der Waals surface area (Å²) in [5, 5.41) is 3.72. The Morgan fingerprint density at radius 1 is 1.25 bits per heavy atom. The van der Waals surface area contributed by atoms with E-state index in [0.29, 0.717) is 12.3 Å². The molecule has 1 aromatic heterocycles. The number of amides is 1. The highest BCUT2D eigenvalue weighted by atomic mass is 32.2. The van der Waals surface area contributed by atoms with Crippen LogP contribution in [0.1, 0.15) is 5.56 Å². The van der Waals surface area contributed by atoms with Gasteiger partial charge in [0.15, 0.2) is 0 Å². The maximum atomic E-state index is 11.8. The van der Waals surface area contributed by atoms with Gasteiger partial charge in [0.25, 0.3) is 0 Å². The van der Waals surface area contributed by atoms with Crippen LogP contribution in [0, 0.1) is 0 Å². The first-order valence-electron chi connectivity index (χ1n) is 6.22. The van der Waals surface area contributed by atoms with Gasteiger partial charge in [-0.2, -0.15) is 0 Å². The summed E-state index contributed by atoms with van der Waals surface area (Å²) in [6, 6.07) is 13.3. The standard InChI is InChI=1S/C15H16N2O2S/c1-19-13-7-3-2-6-12(13)10-17-14(18)11-20-15-8-4-5-9-16-15/h2-9H,10-11H2,1H3,(H,17,18). The summed E-state index contributed by atoms with van der Waals surface area (Å²) >= 11 is 1.42. The zero-order valence-electron chi connectivity index (χ0n) is 11.2. The number of methoxy groups -OCH3 is 1.